The average molecular weight is 426 g/mol. The number of nitrogens with zero attached hydrogens (tertiary/aromatic N) is 1. The second kappa shape index (κ2) is 8.51. The van der Waals surface area contributed by atoms with Crippen molar-refractivity contribution in [2.45, 2.75) is 20.3 Å². The minimum atomic E-state index is -0.827. The van der Waals surface area contributed by atoms with Crippen LogP contribution in [-0.4, -0.2) is 23.0 Å². The summed E-state index contributed by atoms with van der Waals surface area (Å²) in [6.45, 7) is 4.09. The second-order valence-electron chi connectivity index (χ2n) is 7.85. The Kier molecular flexibility index (Phi) is 5.60. The van der Waals surface area contributed by atoms with Gasteiger partial charge in [0.05, 0.1) is 5.69 Å². The van der Waals surface area contributed by atoms with Crippen LogP contribution in [0.1, 0.15) is 27.8 Å². The van der Waals surface area contributed by atoms with Gasteiger partial charge in [0, 0.05) is 0 Å². The molecule has 0 unspecified atom stereocenters. The Morgan fingerprint density at radius 2 is 1.56 bits per heavy atom. The number of carbonyl (C=O) groups is 3. The number of benzene rings is 3. The van der Waals surface area contributed by atoms with Crippen molar-refractivity contribution >= 4 is 29.6 Å². The van der Waals surface area contributed by atoms with Crippen LogP contribution >= 0.6 is 0 Å². The molecule has 0 saturated carbocycles. The molecule has 0 bridgehead atoms. The number of aromatic hydroxyl groups is 1. The van der Waals surface area contributed by atoms with E-state index in [-0.39, 0.29) is 17.0 Å². The van der Waals surface area contributed by atoms with Gasteiger partial charge in [-0.3, -0.25) is 14.9 Å². The molecular weight excluding hydrogens is 404 g/mol. The van der Waals surface area contributed by atoms with Crippen LogP contribution in [0.2, 0.25) is 0 Å². The van der Waals surface area contributed by atoms with Gasteiger partial charge in [-0.05, 0) is 67.3 Å². The van der Waals surface area contributed by atoms with Crippen LogP contribution in [-0.2, 0) is 16.0 Å². The zero-order valence-electron chi connectivity index (χ0n) is 17.8. The van der Waals surface area contributed by atoms with Gasteiger partial charge in [0.25, 0.3) is 11.8 Å². The van der Waals surface area contributed by atoms with Crippen molar-refractivity contribution in [3.8, 4) is 5.75 Å². The maximum Gasteiger partial charge on any atom is 0.335 e. The fourth-order valence-electron chi connectivity index (χ4n) is 3.88. The molecule has 1 aliphatic rings. The van der Waals surface area contributed by atoms with Gasteiger partial charge in [-0.1, -0.05) is 53.6 Å². The SMILES string of the molecule is Cc1cc(C)cc(Cc2ccccc2/C=C2\C(=O)NC(=O)N(c3ccc(O)cc3)C2=O)c1. The largest absolute Gasteiger partial charge is 0.508 e. The summed E-state index contributed by atoms with van der Waals surface area (Å²) >= 11 is 0. The number of imide groups is 2. The first-order valence-corrected chi connectivity index (χ1v) is 10.2. The van der Waals surface area contributed by atoms with Gasteiger partial charge in [0.1, 0.15) is 11.3 Å². The van der Waals surface area contributed by atoms with Crippen LogP contribution in [0.4, 0.5) is 10.5 Å². The van der Waals surface area contributed by atoms with E-state index in [1.165, 1.54) is 41.5 Å². The van der Waals surface area contributed by atoms with Crippen molar-refractivity contribution in [3.05, 3.63) is 100 Å². The summed E-state index contributed by atoms with van der Waals surface area (Å²) in [5, 5.41) is 11.7. The molecule has 1 aliphatic heterocycles. The first kappa shape index (κ1) is 21.1. The van der Waals surface area contributed by atoms with E-state index < -0.39 is 17.8 Å². The minimum absolute atomic E-state index is 0.00534. The number of phenols is 1. The summed E-state index contributed by atoms with van der Waals surface area (Å²) in [5.41, 5.74) is 5.27. The number of rotatable bonds is 4. The molecule has 1 heterocycles. The highest BCUT2D eigenvalue weighted by Crippen LogP contribution is 2.25. The molecule has 0 radical (unpaired) electrons. The molecule has 0 spiro atoms. The van der Waals surface area contributed by atoms with E-state index in [1.807, 2.05) is 38.1 Å². The fraction of sp³-hybridized carbons (Fsp3) is 0.115. The topological polar surface area (TPSA) is 86.7 Å². The monoisotopic (exact) mass is 426 g/mol. The number of hydrogen-bond donors (Lipinski definition) is 2. The highest BCUT2D eigenvalue weighted by atomic mass is 16.3. The first-order chi connectivity index (χ1) is 15.3. The van der Waals surface area contributed by atoms with Gasteiger partial charge in [-0.2, -0.15) is 0 Å². The number of barbiturate groups is 1. The van der Waals surface area contributed by atoms with Crippen LogP contribution in [0.25, 0.3) is 6.08 Å². The second-order valence-corrected chi connectivity index (χ2v) is 7.85. The van der Waals surface area contributed by atoms with Crippen LogP contribution in [0.5, 0.6) is 5.75 Å². The Bertz CT molecular complexity index is 1240. The quantitative estimate of drug-likeness (QED) is 0.482. The molecule has 2 N–H and O–H groups in total. The Morgan fingerprint density at radius 1 is 0.906 bits per heavy atom. The molecule has 1 fully saturated rings. The van der Waals surface area contributed by atoms with Crippen molar-refractivity contribution in [1.29, 1.82) is 0 Å². The third kappa shape index (κ3) is 4.30. The number of hydrogen-bond acceptors (Lipinski definition) is 4. The van der Waals surface area contributed by atoms with Gasteiger partial charge in [0.15, 0.2) is 0 Å². The van der Waals surface area contributed by atoms with Gasteiger partial charge in [-0.25, -0.2) is 9.69 Å². The fourth-order valence-corrected chi connectivity index (χ4v) is 3.88. The predicted octanol–water partition coefficient (Wildman–Crippen LogP) is 4.27. The number of amides is 4. The molecule has 3 aromatic carbocycles. The smallest absolute Gasteiger partial charge is 0.335 e. The van der Waals surface area contributed by atoms with Crippen LogP contribution in [0.15, 0.2) is 72.3 Å². The molecule has 3 aromatic rings. The minimum Gasteiger partial charge on any atom is -0.508 e. The first-order valence-electron chi connectivity index (χ1n) is 10.2. The highest BCUT2D eigenvalue weighted by Gasteiger charge is 2.36. The van der Waals surface area contributed by atoms with Crippen molar-refractivity contribution in [2.75, 3.05) is 4.90 Å². The number of phenolic OH excluding ortho intramolecular Hbond substituents is 1. The van der Waals surface area contributed by atoms with E-state index >= 15 is 0 Å². The summed E-state index contributed by atoms with van der Waals surface area (Å²) in [6.07, 6.45) is 2.16. The number of urea groups is 1. The number of anilines is 1. The Balaban J connectivity index is 1.71. The number of carbonyl (C=O) groups excluding carboxylic acids is 3. The summed E-state index contributed by atoms with van der Waals surface area (Å²) < 4.78 is 0. The van der Waals surface area contributed by atoms with Crippen molar-refractivity contribution in [2.24, 2.45) is 0 Å². The molecule has 160 valence electrons. The van der Waals surface area contributed by atoms with Gasteiger partial charge < -0.3 is 5.11 Å². The van der Waals surface area contributed by atoms with Gasteiger partial charge >= 0.3 is 6.03 Å². The lowest BCUT2D eigenvalue weighted by Crippen LogP contribution is -2.54. The maximum absolute atomic E-state index is 13.1. The Hall–Kier alpha value is -4.19. The molecule has 6 heteroatoms. The molecule has 1 saturated heterocycles. The predicted molar refractivity (Wildman–Crippen MR) is 122 cm³/mol. The van der Waals surface area contributed by atoms with E-state index in [4.69, 9.17) is 0 Å². The van der Waals surface area contributed by atoms with E-state index in [9.17, 15) is 19.5 Å². The van der Waals surface area contributed by atoms with Crippen molar-refractivity contribution in [1.82, 2.24) is 5.32 Å². The molecule has 4 rings (SSSR count). The number of aryl methyl sites for hydroxylation is 2. The summed E-state index contributed by atoms with van der Waals surface area (Å²) in [5.74, 6) is -1.45. The zero-order chi connectivity index (χ0) is 22.8. The lowest BCUT2D eigenvalue weighted by molar-refractivity contribution is -0.122. The standard InChI is InChI=1S/C26H22N2O4/c1-16-11-17(2)13-18(12-16)14-19-5-3-4-6-20(19)15-23-24(30)27-26(32)28(25(23)31)21-7-9-22(29)10-8-21/h3-13,15,29H,14H2,1-2H3,(H,27,30,32)/b23-15+. The molecule has 32 heavy (non-hydrogen) atoms. The maximum atomic E-state index is 13.1. The van der Waals surface area contributed by atoms with Gasteiger partial charge in [-0.15, -0.1) is 0 Å². The highest BCUT2D eigenvalue weighted by molar-refractivity contribution is 6.39. The zero-order valence-corrected chi connectivity index (χ0v) is 17.8. The number of nitrogens with one attached hydrogen (secondary N) is 1. The molecule has 4 amide bonds. The normalized spacial score (nSPS) is 15.2. The lowest BCUT2D eigenvalue weighted by Gasteiger charge is -2.26. The molecular formula is C26H22N2O4. The molecule has 0 atom stereocenters. The van der Waals surface area contributed by atoms with Crippen LogP contribution in [0.3, 0.4) is 0 Å². The average Bonchev–Trinajstić information content (AvgIpc) is 2.73. The summed E-state index contributed by atoms with van der Waals surface area (Å²) in [6, 6.07) is 18.7. The molecule has 6 nitrogen and oxygen atoms in total. The lowest BCUT2D eigenvalue weighted by atomic mass is 9.95. The Labute approximate surface area is 185 Å². The third-order valence-electron chi connectivity index (χ3n) is 5.24. The van der Waals surface area contributed by atoms with Gasteiger partial charge in [0.2, 0.25) is 0 Å². The Morgan fingerprint density at radius 3 is 2.25 bits per heavy atom. The van der Waals surface area contributed by atoms with E-state index in [0.29, 0.717) is 6.42 Å². The van der Waals surface area contributed by atoms with E-state index in [2.05, 4.69) is 23.5 Å². The van der Waals surface area contributed by atoms with Crippen LogP contribution in [0, 0.1) is 13.8 Å². The molecule has 0 aromatic heterocycles. The van der Waals surface area contributed by atoms with Crippen molar-refractivity contribution in [3.63, 3.8) is 0 Å². The van der Waals surface area contributed by atoms with Crippen LogP contribution < -0.4 is 10.2 Å². The molecule has 0 aliphatic carbocycles. The van der Waals surface area contributed by atoms with Crippen molar-refractivity contribution < 1.29 is 19.5 Å². The summed E-state index contributed by atoms with van der Waals surface area (Å²) in [4.78, 5) is 38.9. The third-order valence-corrected chi connectivity index (χ3v) is 5.24. The summed E-state index contributed by atoms with van der Waals surface area (Å²) in [7, 11) is 0. The van der Waals surface area contributed by atoms with E-state index in [0.717, 1.165) is 21.6 Å². The van der Waals surface area contributed by atoms with E-state index in [1.54, 1.807) is 0 Å².